The van der Waals surface area contributed by atoms with Crippen LogP contribution in [0.4, 0.5) is 5.69 Å². The number of anilines is 1. The highest BCUT2D eigenvalue weighted by molar-refractivity contribution is 7.93. The van der Waals surface area contributed by atoms with Crippen molar-refractivity contribution in [3.63, 3.8) is 0 Å². The van der Waals surface area contributed by atoms with Crippen LogP contribution in [0, 0.1) is 0 Å². The van der Waals surface area contributed by atoms with Crippen LogP contribution in [-0.2, 0) is 14.8 Å². The van der Waals surface area contributed by atoms with Crippen molar-refractivity contribution in [1.29, 1.82) is 0 Å². The lowest BCUT2D eigenvalue weighted by molar-refractivity contribution is -0.134. The Balaban J connectivity index is 2.43. The second kappa shape index (κ2) is 5.51. The molecule has 0 unspecified atom stereocenters. The Hall–Kier alpha value is -2.06. The van der Waals surface area contributed by atoms with Gasteiger partial charge in [0.25, 0.3) is 0 Å². The first-order chi connectivity index (χ1) is 9.39. The maximum atomic E-state index is 11.7. The van der Waals surface area contributed by atoms with Gasteiger partial charge in [0, 0.05) is 12.4 Å². The smallest absolute Gasteiger partial charge is 0.320 e. The van der Waals surface area contributed by atoms with E-state index in [1.165, 1.54) is 23.2 Å². The number of carboxylic acids is 1. The van der Waals surface area contributed by atoms with Crippen molar-refractivity contribution in [2.75, 3.05) is 10.5 Å². The molecule has 2 rings (SSSR count). The van der Waals surface area contributed by atoms with Gasteiger partial charge in [0.05, 0.1) is 22.7 Å². The highest BCUT2D eigenvalue weighted by Crippen LogP contribution is 2.29. The van der Waals surface area contributed by atoms with Crippen molar-refractivity contribution >= 4 is 33.3 Å². The highest BCUT2D eigenvalue weighted by atomic mass is 35.5. The number of rotatable bonds is 5. The summed E-state index contributed by atoms with van der Waals surface area (Å²) in [7, 11) is -4.01. The molecule has 20 heavy (non-hydrogen) atoms. The summed E-state index contributed by atoms with van der Waals surface area (Å²) in [5, 5.41) is 8.88. The first-order valence-electron chi connectivity index (χ1n) is 5.38. The number of aliphatic carboxylic acids is 1. The number of imidazole rings is 1. The number of para-hydroxylation sites is 1. The minimum atomic E-state index is -4.01. The topological polar surface area (TPSA) is 101 Å². The lowest BCUT2D eigenvalue weighted by Gasteiger charge is -2.13. The minimum absolute atomic E-state index is 0.178. The second-order valence-electron chi connectivity index (χ2n) is 3.86. The number of aromatic nitrogens is 2. The molecule has 2 aromatic rings. The van der Waals surface area contributed by atoms with E-state index in [1.807, 2.05) is 0 Å². The van der Waals surface area contributed by atoms with E-state index in [-0.39, 0.29) is 5.69 Å². The van der Waals surface area contributed by atoms with Gasteiger partial charge >= 0.3 is 5.97 Å². The fourth-order valence-electron chi connectivity index (χ4n) is 1.62. The van der Waals surface area contributed by atoms with E-state index in [0.717, 1.165) is 0 Å². The fourth-order valence-corrected chi connectivity index (χ4v) is 2.79. The molecule has 2 N–H and O–H groups in total. The number of sulfonamides is 1. The van der Waals surface area contributed by atoms with Gasteiger partial charge in [0.2, 0.25) is 10.0 Å². The summed E-state index contributed by atoms with van der Waals surface area (Å²) in [6.07, 6.45) is 4.56. The fraction of sp³-hybridized carbons (Fsp3) is 0.0909. The molecule has 1 aromatic heterocycles. The molecule has 0 bridgehead atoms. The average Bonchev–Trinajstić information content (AvgIpc) is 2.79. The van der Waals surface area contributed by atoms with Gasteiger partial charge < -0.3 is 9.67 Å². The summed E-state index contributed by atoms with van der Waals surface area (Å²) in [5.74, 6) is -2.47. The Morgan fingerprint density at radius 1 is 1.45 bits per heavy atom. The summed E-state index contributed by atoms with van der Waals surface area (Å²) in [5.41, 5.74) is 0.553. The van der Waals surface area contributed by atoms with Crippen LogP contribution in [-0.4, -0.2) is 34.8 Å². The molecule has 1 aromatic carbocycles. The predicted octanol–water partition coefficient (Wildman–Crippen LogP) is 1.35. The summed E-state index contributed by atoms with van der Waals surface area (Å²) in [6.45, 7) is 0. The van der Waals surface area contributed by atoms with Gasteiger partial charge in [-0.2, -0.15) is 0 Å². The number of halogens is 1. The van der Waals surface area contributed by atoms with Crippen LogP contribution in [0.15, 0.2) is 36.9 Å². The van der Waals surface area contributed by atoms with E-state index in [0.29, 0.717) is 10.7 Å². The van der Waals surface area contributed by atoms with Gasteiger partial charge in [-0.05, 0) is 12.1 Å². The third kappa shape index (κ3) is 3.28. The summed E-state index contributed by atoms with van der Waals surface area (Å²) in [4.78, 5) is 14.4. The molecule has 7 nitrogen and oxygen atoms in total. The van der Waals surface area contributed by atoms with Gasteiger partial charge in [-0.15, -0.1) is 0 Å². The molecule has 9 heteroatoms. The lowest BCUT2D eigenvalue weighted by atomic mass is 10.2. The van der Waals surface area contributed by atoms with E-state index in [4.69, 9.17) is 16.7 Å². The van der Waals surface area contributed by atoms with Crippen molar-refractivity contribution in [2.24, 2.45) is 0 Å². The van der Waals surface area contributed by atoms with E-state index < -0.39 is 21.7 Å². The van der Waals surface area contributed by atoms with Crippen molar-refractivity contribution in [3.8, 4) is 5.69 Å². The number of nitrogens with one attached hydrogen (secondary N) is 1. The Morgan fingerprint density at radius 3 is 2.80 bits per heavy atom. The van der Waals surface area contributed by atoms with Crippen LogP contribution in [0.2, 0.25) is 5.02 Å². The Kier molecular flexibility index (Phi) is 3.96. The molecule has 1 heterocycles. The molecule has 0 saturated carbocycles. The standard InChI is InChI=1S/C11H10ClN3O4S/c12-8-2-1-3-9(11(8)15-5-4-13-7-15)14-20(18,19)6-10(16)17/h1-5,7,14H,6H2,(H,16,17). The number of carbonyl (C=O) groups is 1. The first-order valence-corrected chi connectivity index (χ1v) is 7.41. The zero-order chi connectivity index (χ0) is 14.8. The van der Waals surface area contributed by atoms with Crippen LogP contribution in [0.1, 0.15) is 0 Å². The van der Waals surface area contributed by atoms with Crippen molar-refractivity contribution in [1.82, 2.24) is 9.55 Å². The summed E-state index contributed by atoms with van der Waals surface area (Å²) >= 11 is 6.06. The van der Waals surface area contributed by atoms with Gasteiger partial charge in [-0.25, -0.2) is 13.4 Å². The molecular weight excluding hydrogens is 306 g/mol. The minimum Gasteiger partial charge on any atom is -0.480 e. The van der Waals surface area contributed by atoms with Crippen LogP contribution in [0.25, 0.3) is 5.69 Å². The molecule has 0 saturated heterocycles. The van der Waals surface area contributed by atoms with E-state index in [1.54, 1.807) is 18.3 Å². The maximum Gasteiger partial charge on any atom is 0.320 e. The van der Waals surface area contributed by atoms with E-state index in [9.17, 15) is 13.2 Å². The van der Waals surface area contributed by atoms with Crippen molar-refractivity contribution in [2.45, 2.75) is 0 Å². The second-order valence-corrected chi connectivity index (χ2v) is 5.99. The van der Waals surface area contributed by atoms with E-state index >= 15 is 0 Å². The molecule has 0 aliphatic carbocycles. The number of nitrogens with zero attached hydrogens (tertiary/aromatic N) is 2. The molecule has 0 atom stereocenters. The zero-order valence-electron chi connectivity index (χ0n) is 10.0. The van der Waals surface area contributed by atoms with Crippen LogP contribution in [0.3, 0.4) is 0 Å². The van der Waals surface area contributed by atoms with Crippen LogP contribution < -0.4 is 4.72 Å². The molecule has 0 aliphatic heterocycles. The molecule has 0 fully saturated rings. The quantitative estimate of drug-likeness (QED) is 0.867. The molecular formula is C11H10ClN3O4S. The number of hydrogen-bond acceptors (Lipinski definition) is 4. The summed E-state index contributed by atoms with van der Waals surface area (Å²) < 4.78 is 27.1. The SMILES string of the molecule is O=C(O)CS(=O)(=O)Nc1cccc(Cl)c1-n1ccnc1. The Labute approximate surface area is 119 Å². The average molecular weight is 316 g/mol. The molecule has 0 aliphatic rings. The van der Waals surface area contributed by atoms with Gasteiger partial charge in [-0.3, -0.25) is 9.52 Å². The lowest BCUT2D eigenvalue weighted by Crippen LogP contribution is -2.23. The predicted molar refractivity (Wildman–Crippen MR) is 73.6 cm³/mol. The van der Waals surface area contributed by atoms with Gasteiger partial charge in [-0.1, -0.05) is 17.7 Å². The maximum absolute atomic E-state index is 11.7. The normalized spacial score (nSPS) is 11.2. The summed E-state index contributed by atoms with van der Waals surface area (Å²) in [6, 6.07) is 4.63. The van der Waals surface area contributed by atoms with Gasteiger partial charge in [0.15, 0.2) is 5.75 Å². The number of benzene rings is 1. The van der Waals surface area contributed by atoms with E-state index in [2.05, 4.69) is 9.71 Å². The van der Waals surface area contributed by atoms with Crippen LogP contribution >= 0.6 is 11.6 Å². The molecule has 0 radical (unpaired) electrons. The molecule has 0 spiro atoms. The number of carboxylic acid groups (broad SMARTS) is 1. The number of hydrogen-bond donors (Lipinski definition) is 2. The molecule has 0 amide bonds. The van der Waals surface area contributed by atoms with Crippen LogP contribution in [0.5, 0.6) is 0 Å². The highest BCUT2D eigenvalue weighted by Gasteiger charge is 2.18. The first kappa shape index (κ1) is 14.4. The Morgan fingerprint density at radius 2 is 2.20 bits per heavy atom. The van der Waals surface area contributed by atoms with Crippen molar-refractivity contribution < 1.29 is 18.3 Å². The third-order valence-corrected chi connectivity index (χ3v) is 3.79. The van der Waals surface area contributed by atoms with Crippen molar-refractivity contribution in [3.05, 3.63) is 41.9 Å². The zero-order valence-corrected chi connectivity index (χ0v) is 11.6. The van der Waals surface area contributed by atoms with Gasteiger partial charge in [0.1, 0.15) is 0 Å². The monoisotopic (exact) mass is 315 g/mol. The third-order valence-electron chi connectivity index (χ3n) is 2.33. The molecule has 106 valence electrons. The Bertz CT molecular complexity index is 728. The largest absolute Gasteiger partial charge is 0.480 e.